The molecule has 2 aromatic carbocycles. The highest BCUT2D eigenvalue weighted by molar-refractivity contribution is 7.92. The molecule has 0 aliphatic heterocycles. The van der Waals surface area contributed by atoms with Gasteiger partial charge in [0.05, 0.1) is 0 Å². The maximum atomic E-state index is 13.5. The lowest BCUT2D eigenvalue weighted by Gasteiger charge is -2.10. The van der Waals surface area contributed by atoms with E-state index in [4.69, 9.17) is 5.73 Å². The highest BCUT2D eigenvalue weighted by Gasteiger charge is 2.20. The summed E-state index contributed by atoms with van der Waals surface area (Å²) >= 11 is 0. The van der Waals surface area contributed by atoms with Crippen molar-refractivity contribution in [3.63, 3.8) is 0 Å². The van der Waals surface area contributed by atoms with Gasteiger partial charge in [0.25, 0.3) is 10.0 Å². The Hall–Kier alpha value is -1.99. The third-order valence-electron chi connectivity index (χ3n) is 2.60. The van der Waals surface area contributed by atoms with Gasteiger partial charge in [-0.05, 0) is 35.9 Å². The zero-order valence-corrected chi connectivity index (χ0v) is 11.1. The van der Waals surface area contributed by atoms with Gasteiger partial charge in [-0.25, -0.2) is 17.2 Å². The fourth-order valence-corrected chi connectivity index (χ4v) is 2.79. The Morgan fingerprint density at radius 2 is 1.85 bits per heavy atom. The first kappa shape index (κ1) is 14.4. The Bertz CT molecular complexity index is 733. The molecular formula is C13H12F2N2O2S. The minimum atomic E-state index is -4.20. The minimum Gasteiger partial charge on any atom is -0.326 e. The van der Waals surface area contributed by atoms with Crippen LogP contribution in [0.2, 0.25) is 0 Å². The van der Waals surface area contributed by atoms with E-state index in [1.54, 1.807) is 12.1 Å². The maximum absolute atomic E-state index is 13.5. The van der Waals surface area contributed by atoms with Gasteiger partial charge >= 0.3 is 0 Å². The van der Waals surface area contributed by atoms with Gasteiger partial charge in [0.15, 0.2) is 0 Å². The van der Waals surface area contributed by atoms with Crippen molar-refractivity contribution in [1.82, 2.24) is 0 Å². The molecule has 0 saturated heterocycles. The van der Waals surface area contributed by atoms with Crippen LogP contribution >= 0.6 is 0 Å². The molecule has 20 heavy (non-hydrogen) atoms. The fourth-order valence-electron chi connectivity index (χ4n) is 1.66. The van der Waals surface area contributed by atoms with Gasteiger partial charge in [0.2, 0.25) is 0 Å². The van der Waals surface area contributed by atoms with Crippen molar-refractivity contribution in [2.75, 3.05) is 4.72 Å². The van der Waals surface area contributed by atoms with Crippen LogP contribution < -0.4 is 10.5 Å². The molecule has 4 nitrogen and oxygen atoms in total. The number of hydrogen-bond acceptors (Lipinski definition) is 3. The molecule has 3 N–H and O–H groups in total. The molecule has 0 saturated carbocycles. The number of rotatable bonds is 4. The van der Waals surface area contributed by atoms with Crippen molar-refractivity contribution in [2.24, 2.45) is 5.73 Å². The molecule has 106 valence electrons. The molecule has 2 aromatic rings. The first-order chi connectivity index (χ1) is 9.42. The van der Waals surface area contributed by atoms with E-state index in [0.717, 1.165) is 12.1 Å². The topological polar surface area (TPSA) is 72.2 Å². The summed E-state index contributed by atoms with van der Waals surface area (Å²) in [7, 11) is -4.20. The highest BCUT2D eigenvalue weighted by Crippen LogP contribution is 2.20. The molecule has 0 aromatic heterocycles. The van der Waals surface area contributed by atoms with Crippen molar-refractivity contribution in [3.05, 3.63) is 59.7 Å². The molecule has 0 atom stereocenters. The summed E-state index contributed by atoms with van der Waals surface area (Å²) in [5, 5.41) is 0. The van der Waals surface area contributed by atoms with Crippen LogP contribution in [0.1, 0.15) is 5.56 Å². The average molecular weight is 298 g/mol. The average Bonchev–Trinajstić information content (AvgIpc) is 2.41. The molecule has 0 aliphatic carbocycles. The zero-order chi connectivity index (χ0) is 14.8. The summed E-state index contributed by atoms with van der Waals surface area (Å²) in [6.07, 6.45) is 0. The molecule has 0 bridgehead atoms. The number of sulfonamides is 1. The van der Waals surface area contributed by atoms with Crippen LogP contribution in [-0.2, 0) is 16.6 Å². The first-order valence-electron chi connectivity index (χ1n) is 5.69. The molecule has 0 spiro atoms. The van der Waals surface area contributed by atoms with Crippen molar-refractivity contribution in [1.29, 1.82) is 0 Å². The number of hydrogen-bond donors (Lipinski definition) is 2. The van der Waals surface area contributed by atoms with Crippen LogP contribution in [0.5, 0.6) is 0 Å². The molecule has 0 aliphatic rings. The van der Waals surface area contributed by atoms with E-state index in [2.05, 4.69) is 4.72 Å². The van der Waals surface area contributed by atoms with Crippen molar-refractivity contribution in [3.8, 4) is 0 Å². The molecule has 0 fully saturated rings. The molecule has 0 radical (unpaired) electrons. The van der Waals surface area contributed by atoms with Crippen molar-refractivity contribution in [2.45, 2.75) is 11.4 Å². The standard InChI is InChI=1S/C13H12F2N2O2S/c14-10-4-5-12(15)13(7-10)20(18,19)17-11-3-1-2-9(6-11)8-16/h1-7,17H,8,16H2. The third-order valence-corrected chi connectivity index (χ3v) is 3.99. The van der Waals surface area contributed by atoms with Crippen LogP contribution in [0.3, 0.4) is 0 Å². The predicted octanol–water partition coefficient (Wildman–Crippen LogP) is 2.22. The van der Waals surface area contributed by atoms with E-state index in [9.17, 15) is 17.2 Å². The molecule has 7 heteroatoms. The molecule has 0 heterocycles. The van der Waals surface area contributed by atoms with Crippen LogP contribution in [0.4, 0.5) is 14.5 Å². The lowest BCUT2D eigenvalue weighted by atomic mass is 10.2. The van der Waals surface area contributed by atoms with Gasteiger partial charge in [0, 0.05) is 12.2 Å². The Balaban J connectivity index is 2.38. The summed E-state index contributed by atoms with van der Waals surface area (Å²) in [5.41, 5.74) is 6.40. The Labute approximate surface area is 115 Å². The van der Waals surface area contributed by atoms with Crippen LogP contribution in [0.15, 0.2) is 47.4 Å². The number of nitrogens with two attached hydrogens (primary N) is 1. The van der Waals surface area contributed by atoms with E-state index in [-0.39, 0.29) is 12.2 Å². The Morgan fingerprint density at radius 3 is 2.55 bits per heavy atom. The Morgan fingerprint density at radius 1 is 1.10 bits per heavy atom. The summed E-state index contributed by atoms with van der Waals surface area (Å²) in [6.45, 7) is 0.240. The molecule has 0 unspecified atom stereocenters. The van der Waals surface area contributed by atoms with Gasteiger partial charge in [-0.15, -0.1) is 0 Å². The maximum Gasteiger partial charge on any atom is 0.264 e. The summed E-state index contributed by atoms with van der Waals surface area (Å²) in [6, 6.07) is 8.60. The summed E-state index contributed by atoms with van der Waals surface area (Å²) < 4.78 is 52.8. The second-order valence-electron chi connectivity index (χ2n) is 4.08. The second-order valence-corrected chi connectivity index (χ2v) is 5.74. The third kappa shape index (κ3) is 3.12. The number of anilines is 1. The fraction of sp³-hybridized carbons (Fsp3) is 0.0769. The highest BCUT2D eigenvalue weighted by atomic mass is 32.2. The van der Waals surface area contributed by atoms with E-state index in [0.29, 0.717) is 11.6 Å². The van der Waals surface area contributed by atoms with Crippen LogP contribution in [-0.4, -0.2) is 8.42 Å². The molecule has 2 rings (SSSR count). The number of halogens is 2. The van der Waals surface area contributed by atoms with Crippen LogP contribution in [0.25, 0.3) is 0 Å². The van der Waals surface area contributed by atoms with Crippen LogP contribution in [0, 0.1) is 11.6 Å². The number of benzene rings is 2. The minimum absolute atomic E-state index is 0.233. The van der Waals surface area contributed by atoms with Crippen molar-refractivity contribution >= 4 is 15.7 Å². The van der Waals surface area contributed by atoms with Gasteiger partial charge in [0.1, 0.15) is 16.5 Å². The van der Waals surface area contributed by atoms with Crippen molar-refractivity contribution < 1.29 is 17.2 Å². The monoisotopic (exact) mass is 298 g/mol. The quantitative estimate of drug-likeness (QED) is 0.909. The van der Waals surface area contributed by atoms with E-state index in [1.165, 1.54) is 12.1 Å². The SMILES string of the molecule is NCc1cccc(NS(=O)(=O)c2cc(F)ccc2F)c1. The normalized spacial score (nSPS) is 11.3. The predicted molar refractivity (Wildman–Crippen MR) is 71.5 cm³/mol. The van der Waals surface area contributed by atoms with E-state index in [1.807, 2.05) is 0 Å². The summed E-state index contributed by atoms with van der Waals surface area (Å²) in [4.78, 5) is -0.740. The van der Waals surface area contributed by atoms with Gasteiger partial charge in [-0.2, -0.15) is 0 Å². The lowest BCUT2D eigenvalue weighted by Crippen LogP contribution is -2.15. The zero-order valence-electron chi connectivity index (χ0n) is 10.3. The largest absolute Gasteiger partial charge is 0.326 e. The first-order valence-corrected chi connectivity index (χ1v) is 7.17. The molecule has 0 amide bonds. The molecular weight excluding hydrogens is 286 g/mol. The number of nitrogens with one attached hydrogen (secondary N) is 1. The second kappa shape index (κ2) is 5.56. The van der Waals surface area contributed by atoms with Gasteiger partial charge < -0.3 is 5.73 Å². The van der Waals surface area contributed by atoms with E-state index >= 15 is 0 Å². The van der Waals surface area contributed by atoms with E-state index < -0.39 is 26.6 Å². The smallest absolute Gasteiger partial charge is 0.264 e. The lowest BCUT2D eigenvalue weighted by molar-refractivity contribution is 0.555. The van der Waals surface area contributed by atoms with Gasteiger partial charge in [-0.1, -0.05) is 12.1 Å². The van der Waals surface area contributed by atoms with Gasteiger partial charge in [-0.3, -0.25) is 4.72 Å². The summed E-state index contributed by atoms with van der Waals surface area (Å²) in [5.74, 6) is -1.85. The Kier molecular flexibility index (Phi) is 4.01.